The number of ether oxygens (including phenoxy) is 1. The topological polar surface area (TPSA) is 92.9 Å². The van der Waals surface area contributed by atoms with Gasteiger partial charge in [-0.3, -0.25) is 9.79 Å². The van der Waals surface area contributed by atoms with Crippen molar-refractivity contribution < 1.29 is 14.1 Å². The monoisotopic (exact) mass is 351 g/mol. The highest BCUT2D eigenvalue weighted by Gasteiger charge is 2.26. The fraction of sp³-hybridized carbons (Fsp3) is 0.765. The Labute approximate surface area is 149 Å². The molecule has 0 atom stereocenters. The minimum atomic E-state index is -0.108. The van der Waals surface area contributed by atoms with E-state index in [0.717, 1.165) is 57.1 Å². The largest absolute Gasteiger partial charge is 0.469 e. The van der Waals surface area contributed by atoms with Gasteiger partial charge in [0.15, 0.2) is 11.8 Å². The summed E-state index contributed by atoms with van der Waals surface area (Å²) in [7, 11) is 3.23. The highest BCUT2D eigenvalue weighted by Crippen LogP contribution is 2.18. The number of likely N-dealkylation sites (tertiary alicyclic amines) is 1. The lowest BCUT2D eigenvalue weighted by atomic mass is 9.97. The molecule has 8 heteroatoms. The predicted molar refractivity (Wildman–Crippen MR) is 94.4 cm³/mol. The van der Waals surface area contributed by atoms with Crippen molar-refractivity contribution in [2.45, 2.75) is 45.4 Å². The van der Waals surface area contributed by atoms with Crippen LogP contribution in [0.1, 0.15) is 50.7 Å². The second kappa shape index (κ2) is 9.39. The van der Waals surface area contributed by atoms with E-state index >= 15 is 0 Å². The summed E-state index contributed by atoms with van der Waals surface area (Å²) < 4.78 is 10.1. The number of rotatable bonds is 6. The minimum Gasteiger partial charge on any atom is -0.469 e. The maximum Gasteiger partial charge on any atom is 0.308 e. The molecule has 2 heterocycles. The van der Waals surface area contributed by atoms with E-state index in [4.69, 9.17) is 9.26 Å². The normalized spacial score (nSPS) is 16.4. The van der Waals surface area contributed by atoms with E-state index in [-0.39, 0.29) is 17.8 Å². The molecule has 1 aliphatic heterocycles. The summed E-state index contributed by atoms with van der Waals surface area (Å²) in [6.45, 7) is 6.48. The van der Waals surface area contributed by atoms with Gasteiger partial charge in [-0.15, -0.1) is 0 Å². The van der Waals surface area contributed by atoms with Crippen molar-refractivity contribution in [3.05, 3.63) is 11.7 Å². The third-order valence-corrected chi connectivity index (χ3v) is 4.39. The third-order valence-electron chi connectivity index (χ3n) is 4.39. The Morgan fingerprint density at radius 3 is 2.72 bits per heavy atom. The number of hydrogen-bond acceptors (Lipinski definition) is 6. The molecule has 0 aromatic carbocycles. The van der Waals surface area contributed by atoms with Gasteiger partial charge in [0.2, 0.25) is 5.89 Å². The number of piperidine rings is 1. The molecule has 1 aromatic heterocycles. The van der Waals surface area contributed by atoms with Crippen LogP contribution in [-0.2, 0) is 16.0 Å². The molecule has 0 bridgehead atoms. The third kappa shape index (κ3) is 5.44. The number of carbonyl (C=O) groups is 1. The van der Waals surface area contributed by atoms with Crippen molar-refractivity contribution in [2.24, 2.45) is 10.9 Å². The van der Waals surface area contributed by atoms with Gasteiger partial charge < -0.3 is 19.5 Å². The zero-order valence-corrected chi connectivity index (χ0v) is 15.6. The van der Waals surface area contributed by atoms with E-state index in [1.165, 1.54) is 7.11 Å². The fourth-order valence-electron chi connectivity index (χ4n) is 2.87. The van der Waals surface area contributed by atoms with Gasteiger partial charge in [-0.25, -0.2) is 0 Å². The number of aryl methyl sites for hydroxylation is 1. The van der Waals surface area contributed by atoms with E-state index in [9.17, 15) is 4.79 Å². The Balaban J connectivity index is 1.71. The van der Waals surface area contributed by atoms with Crippen LogP contribution in [0.2, 0.25) is 0 Å². The van der Waals surface area contributed by atoms with Crippen LogP contribution in [0.5, 0.6) is 0 Å². The molecule has 2 rings (SSSR count). The molecule has 0 aliphatic carbocycles. The average Bonchev–Trinajstić information content (AvgIpc) is 3.10. The van der Waals surface area contributed by atoms with Crippen LogP contribution in [0.15, 0.2) is 9.52 Å². The van der Waals surface area contributed by atoms with Crippen molar-refractivity contribution in [1.82, 2.24) is 20.4 Å². The Hall–Kier alpha value is -2.12. The number of guanidine groups is 1. The summed E-state index contributed by atoms with van der Waals surface area (Å²) in [5, 5.41) is 7.34. The van der Waals surface area contributed by atoms with E-state index < -0.39 is 0 Å². The molecule has 25 heavy (non-hydrogen) atoms. The molecule has 0 amide bonds. The molecule has 0 radical (unpaired) electrons. The number of nitrogens with one attached hydrogen (secondary N) is 1. The summed E-state index contributed by atoms with van der Waals surface area (Å²) in [6, 6.07) is 0. The van der Waals surface area contributed by atoms with Gasteiger partial charge in [0.1, 0.15) is 0 Å². The van der Waals surface area contributed by atoms with Crippen LogP contribution in [-0.4, -0.2) is 60.8 Å². The number of esters is 1. The maximum absolute atomic E-state index is 11.6. The number of nitrogens with zero attached hydrogens (tertiary/aromatic N) is 4. The van der Waals surface area contributed by atoms with Crippen molar-refractivity contribution in [3.8, 4) is 0 Å². The molecular formula is C17H29N5O3. The number of carbonyl (C=O) groups excluding carboxylic acids is 1. The van der Waals surface area contributed by atoms with E-state index in [0.29, 0.717) is 5.89 Å². The Kier molecular flexibility index (Phi) is 7.21. The van der Waals surface area contributed by atoms with Crippen LogP contribution in [0.4, 0.5) is 0 Å². The van der Waals surface area contributed by atoms with Crippen molar-refractivity contribution in [1.29, 1.82) is 0 Å². The second-order valence-corrected chi connectivity index (χ2v) is 6.56. The highest BCUT2D eigenvalue weighted by atomic mass is 16.5. The lowest BCUT2D eigenvalue weighted by molar-refractivity contribution is -0.146. The average molecular weight is 351 g/mol. The summed E-state index contributed by atoms with van der Waals surface area (Å²) in [5.74, 6) is 2.49. The number of aliphatic imine (C=N–C) groups is 1. The molecule has 0 spiro atoms. The molecular weight excluding hydrogens is 322 g/mol. The van der Waals surface area contributed by atoms with Crippen LogP contribution in [0.3, 0.4) is 0 Å². The zero-order valence-electron chi connectivity index (χ0n) is 15.6. The molecule has 1 fully saturated rings. The van der Waals surface area contributed by atoms with Gasteiger partial charge in [-0.2, -0.15) is 4.98 Å². The number of hydrogen-bond donors (Lipinski definition) is 1. The van der Waals surface area contributed by atoms with E-state index in [1.807, 2.05) is 13.8 Å². The summed E-state index contributed by atoms with van der Waals surface area (Å²) in [4.78, 5) is 22.5. The first-order valence-corrected chi connectivity index (χ1v) is 8.91. The zero-order chi connectivity index (χ0) is 18.2. The molecule has 1 N–H and O–H groups in total. The van der Waals surface area contributed by atoms with Gasteiger partial charge in [-0.1, -0.05) is 19.0 Å². The van der Waals surface area contributed by atoms with Gasteiger partial charge in [0.05, 0.1) is 13.0 Å². The quantitative estimate of drug-likeness (QED) is 0.360. The van der Waals surface area contributed by atoms with Crippen molar-refractivity contribution in [3.63, 3.8) is 0 Å². The summed E-state index contributed by atoms with van der Waals surface area (Å²) in [6.07, 6.45) is 3.23. The maximum atomic E-state index is 11.6. The molecule has 8 nitrogen and oxygen atoms in total. The second-order valence-electron chi connectivity index (χ2n) is 6.56. The van der Waals surface area contributed by atoms with Crippen molar-refractivity contribution >= 4 is 11.9 Å². The van der Waals surface area contributed by atoms with Crippen LogP contribution in [0, 0.1) is 5.92 Å². The van der Waals surface area contributed by atoms with Crippen molar-refractivity contribution in [2.75, 3.05) is 33.8 Å². The van der Waals surface area contributed by atoms with Gasteiger partial charge in [0.25, 0.3) is 0 Å². The number of aromatic nitrogens is 2. The molecule has 1 aromatic rings. The lowest BCUT2D eigenvalue weighted by Gasteiger charge is -2.33. The first-order chi connectivity index (χ1) is 12.0. The van der Waals surface area contributed by atoms with E-state index in [2.05, 4.69) is 25.3 Å². The Morgan fingerprint density at radius 1 is 1.44 bits per heavy atom. The molecule has 0 unspecified atom stereocenters. The minimum absolute atomic E-state index is 0.00651. The Bertz CT molecular complexity index is 577. The first kappa shape index (κ1) is 19.2. The van der Waals surface area contributed by atoms with Crippen LogP contribution in [0.25, 0.3) is 0 Å². The molecule has 1 saturated heterocycles. The highest BCUT2D eigenvalue weighted by molar-refractivity contribution is 5.80. The van der Waals surface area contributed by atoms with Gasteiger partial charge in [0, 0.05) is 39.0 Å². The molecule has 140 valence electrons. The summed E-state index contributed by atoms with van der Waals surface area (Å²) >= 11 is 0. The number of methoxy groups -OCH3 is 1. The van der Waals surface area contributed by atoms with Gasteiger partial charge >= 0.3 is 5.97 Å². The van der Waals surface area contributed by atoms with Crippen LogP contribution >= 0.6 is 0 Å². The Morgan fingerprint density at radius 2 is 2.16 bits per heavy atom. The van der Waals surface area contributed by atoms with Crippen LogP contribution < -0.4 is 5.32 Å². The van der Waals surface area contributed by atoms with Gasteiger partial charge in [-0.05, 0) is 19.3 Å². The first-order valence-electron chi connectivity index (χ1n) is 8.91. The lowest BCUT2D eigenvalue weighted by Crippen LogP contribution is -2.46. The molecule has 0 saturated carbocycles. The summed E-state index contributed by atoms with van der Waals surface area (Å²) in [5.41, 5.74) is 0. The fourth-order valence-corrected chi connectivity index (χ4v) is 2.87. The van der Waals surface area contributed by atoms with E-state index in [1.54, 1.807) is 7.05 Å². The predicted octanol–water partition coefficient (Wildman–Crippen LogP) is 1.59. The standard InChI is InChI=1S/C17H29N5O3/c1-12(2)15-20-14(25-21-15)6-5-9-19-17(18-3)22-10-7-13(8-11-22)16(23)24-4/h12-13H,5-11H2,1-4H3,(H,18,19). The molecule has 1 aliphatic rings. The SMILES string of the molecule is CN=C(NCCCc1nc(C(C)C)no1)N1CCC(C(=O)OC)CC1. The smallest absolute Gasteiger partial charge is 0.308 e.